The van der Waals surface area contributed by atoms with E-state index in [2.05, 4.69) is 20.8 Å². The topological polar surface area (TPSA) is 96.6 Å². The third kappa shape index (κ3) is 4.11. The number of hydrogen-bond donors (Lipinski definition) is 2. The summed E-state index contributed by atoms with van der Waals surface area (Å²) in [6, 6.07) is 10.1. The van der Waals surface area contributed by atoms with Crippen molar-refractivity contribution in [3.8, 4) is 0 Å². The first-order chi connectivity index (χ1) is 14.5. The molecule has 0 aliphatic heterocycles. The molecule has 0 atom stereocenters. The molecule has 0 bridgehead atoms. The molecule has 2 amide bonds. The number of halogens is 1. The molecular weight excluding hydrogens is 404 g/mol. The van der Waals surface area contributed by atoms with Crippen molar-refractivity contribution in [1.29, 1.82) is 0 Å². The Hall–Kier alpha value is -3.45. The standard InChI is InChI=1S/C22H19ClN4O3/c1-13-19-17(26-27-21(28)14-9-11-24-12-10-14)3-2-4-18(19)30-20(13)22(29)25-16-7-5-15(23)6-8-16/h5-12H,2-4H2,1H3,(H,25,29)(H,27,28)/b26-17+. The largest absolute Gasteiger partial charge is 0.455 e. The van der Waals surface area contributed by atoms with E-state index in [-0.39, 0.29) is 17.6 Å². The van der Waals surface area contributed by atoms with Gasteiger partial charge in [-0.15, -0.1) is 0 Å². The summed E-state index contributed by atoms with van der Waals surface area (Å²) in [5.74, 6) is 0.283. The number of carbonyl (C=O) groups excluding carboxylic acids is 2. The second-order valence-corrected chi connectivity index (χ2v) is 7.34. The number of rotatable bonds is 4. The van der Waals surface area contributed by atoms with E-state index >= 15 is 0 Å². The Balaban J connectivity index is 1.56. The first-order valence-electron chi connectivity index (χ1n) is 9.49. The third-order valence-electron chi connectivity index (χ3n) is 4.87. The van der Waals surface area contributed by atoms with Gasteiger partial charge in [-0.1, -0.05) is 11.6 Å². The number of pyridine rings is 1. The molecule has 0 spiro atoms. The van der Waals surface area contributed by atoms with E-state index in [1.165, 1.54) is 0 Å². The molecule has 1 aliphatic carbocycles. The molecule has 2 heterocycles. The second-order valence-electron chi connectivity index (χ2n) is 6.90. The molecule has 0 saturated carbocycles. The smallest absolute Gasteiger partial charge is 0.291 e. The number of nitrogens with one attached hydrogen (secondary N) is 2. The Morgan fingerprint density at radius 2 is 1.80 bits per heavy atom. The Morgan fingerprint density at radius 1 is 1.07 bits per heavy atom. The number of aromatic nitrogens is 1. The molecule has 7 nitrogen and oxygen atoms in total. The van der Waals surface area contributed by atoms with Crippen LogP contribution in [0.15, 0.2) is 58.3 Å². The Kier molecular flexibility index (Phi) is 5.63. The number of aryl methyl sites for hydroxylation is 1. The monoisotopic (exact) mass is 422 g/mol. The molecule has 0 unspecified atom stereocenters. The van der Waals surface area contributed by atoms with E-state index in [1.54, 1.807) is 48.8 Å². The molecule has 3 aromatic rings. The predicted octanol–water partition coefficient (Wildman–Crippen LogP) is 4.36. The van der Waals surface area contributed by atoms with Crippen LogP contribution in [0, 0.1) is 6.92 Å². The van der Waals surface area contributed by atoms with Crippen LogP contribution < -0.4 is 10.7 Å². The normalized spacial score (nSPS) is 14.3. The first-order valence-corrected chi connectivity index (χ1v) is 9.87. The minimum absolute atomic E-state index is 0.241. The zero-order valence-corrected chi connectivity index (χ0v) is 17.0. The van der Waals surface area contributed by atoms with Crippen molar-refractivity contribution < 1.29 is 14.0 Å². The van der Waals surface area contributed by atoms with Crippen molar-refractivity contribution in [3.63, 3.8) is 0 Å². The Labute approximate surface area is 178 Å². The molecule has 30 heavy (non-hydrogen) atoms. The molecule has 0 fully saturated rings. The van der Waals surface area contributed by atoms with Crippen LogP contribution >= 0.6 is 11.6 Å². The quantitative estimate of drug-likeness (QED) is 0.610. The van der Waals surface area contributed by atoms with Crippen LogP contribution in [0.5, 0.6) is 0 Å². The summed E-state index contributed by atoms with van der Waals surface area (Å²) >= 11 is 5.89. The Morgan fingerprint density at radius 3 is 2.53 bits per heavy atom. The lowest BCUT2D eigenvalue weighted by Gasteiger charge is -2.13. The SMILES string of the molecule is Cc1c(C(=O)Nc2ccc(Cl)cc2)oc2c1/C(=N/NC(=O)c1ccncc1)CCC2. The zero-order chi connectivity index (χ0) is 21.1. The zero-order valence-electron chi connectivity index (χ0n) is 16.2. The van der Waals surface area contributed by atoms with Gasteiger partial charge in [0.25, 0.3) is 11.8 Å². The highest BCUT2D eigenvalue weighted by Gasteiger charge is 2.28. The molecule has 0 radical (unpaired) electrons. The number of anilines is 1. The Bertz CT molecular complexity index is 1120. The van der Waals surface area contributed by atoms with Crippen molar-refractivity contribution in [3.05, 3.63) is 82.0 Å². The molecule has 2 aromatic heterocycles. The fraction of sp³-hybridized carbons (Fsp3) is 0.182. The highest BCUT2D eigenvalue weighted by Crippen LogP contribution is 2.30. The fourth-order valence-corrected chi connectivity index (χ4v) is 3.53. The molecule has 1 aromatic carbocycles. The van der Waals surface area contributed by atoms with Crippen LogP contribution in [-0.2, 0) is 6.42 Å². The summed E-state index contributed by atoms with van der Waals surface area (Å²) in [5, 5.41) is 7.72. The van der Waals surface area contributed by atoms with Gasteiger partial charge in [0.15, 0.2) is 5.76 Å². The number of benzene rings is 1. The molecular formula is C22H19ClN4O3. The van der Waals surface area contributed by atoms with Crippen molar-refractivity contribution >= 4 is 34.8 Å². The minimum atomic E-state index is -0.343. The minimum Gasteiger partial charge on any atom is -0.455 e. The summed E-state index contributed by atoms with van der Waals surface area (Å²) in [4.78, 5) is 28.9. The van der Waals surface area contributed by atoms with Gasteiger partial charge in [0, 0.05) is 46.2 Å². The van der Waals surface area contributed by atoms with Gasteiger partial charge in [0.2, 0.25) is 0 Å². The third-order valence-corrected chi connectivity index (χ3v) is 5.12. The maximum atomic E-state index is 12.7. The van der Waals surface area contributed by atoms with E-state index in [0.717, 1.165) is 12.0 Å². The van der Waals surface area contributed by atoms with Crippen LogP contribution in [0.2, 0.25) is 5.02 Å². The molecule has 0 saturated heterocycles. The summed E-state index contributed by atoms with van der Waals surface area (Å²) in [5.41, 5.74) is 5.87. The molecule has 2 N–H and O–H groups in total. The maximum absolute atomic E-state index is 12.7. The van der Waals surface area contributed by atoms with Gasteiger partial charge in [-0.3, -0.25) is 14.6 Å². The van der Waals surface area contributed by atoms with Crippen molar-refractivity contribution in [2.45, 2.75) is 26.2 Å². The van der Waals surface area contributed by atoms with Crippen LogP contribution in [-0.4, -0.2) is 22.5 Å². The fourth-order valence-electron chi connectivity index (χ4n) is 3.40. The lowest BCUT2D eigenvalue weighted by atomic mass is 9.93. The average Bonchev–Trinajstić information content (AvgIpc) is 3.11. The lowest BCUT2D eigenvalue weighted by molar-refractivity contribution is 0.0953. The van der Waals surface area contributed by atoms with Crippen LogP contribution in [0.4, 0.5) is 5.69 Å². The van der Waals surface area contributed by atoms with E-state index < -0.39 is 0 Å². The van der Waals surface area contributed by atoms with E-state index in [0.29, 0.717) is 46.2 Å². The van der Waals surface area contributed by atoms with Crippen LogP contribution in [0.25, 0.3) is 0 Å². The van der Waals surface area contributed by atoms with Crippen molar-refractivity contribution in [2.75, 3.05) is 5.32 Å². The highest BCUT2D eigenvalue weighted by atomic mass is 35.5. The van der Waals surface area contributed by atoms with E-state index in [9.17, 15) is 9.59 Å². The summed E-state index contributed by atoms with van der Waals surface area (Å²) in [6.07, 6.45) is 5.31. The van der Waals surface area contributed by atoms with Gasteiger partial charge >= 0.3 is 0 Å². The number of furan rings is 1. The van der Waals surface area contributed by atoms with Gasteiger partial charge in [-0.25, -0.2) is 5.43 Å². The van der Waals surface area contributed by atoms with Crippen LogP contribution in [0.1, 0.15) is 50.6 Å². The van der Waals surface area contributed by atoms with Crippen LogP contribution in [0.3, 0.4) is 0 Å². The summed E-state index contributed by atoms with van der Waals surface area (Å²) in [7, 11) is 0. The molecule has 152 valence electrons. The summed E-state index contributed by atoms with van der Waals surface area (Å²) < 4.78 is 5.88. The second kappa shape index (κ2) is 8.51. The van der Waals surface area contributed by atoms with E-state index in [4.69, 9.17) is 16.0 Å². The number of carbonyl (C=O) groups is 2. The molecule has 8 heteroatoms. The van der Waals surface area contributed by atoms with Gasteiger partial charge in [0.05, 0.1) is 5.71 Å². The van der Waals surface area contributed by atoms with Crippen molar-refractivity contribution in [2.24, 2.45) is 5.10 Å². The maximum Gasteiger partial charge on any atom is 0.291 e. The van der Waals surface area contributed by atoms with Gasteiger partial charge in [-0.05, 0) is 56.2 Å². The number of hydrogen-bond acceptors (Lipinski definition) is 5. The first kappa shape index (κ1) is 19.8. The van der Waals surface area contributed by atoms with Gasteiger partial charge in [0.1, 0.15) is 5.76 Å². The van der Waals surface area contributed by atoms with E-state index in [1.807, 2.05) is 6.92 Å². The lowest BCUT2D eigenvalue weighted by Crippen LogP contribution is -2.22. The predicted molar refractivity (Wildman–Crippen MR) is 114 cm³/mol. The number of hydrazone groups is 1. The van der Waals surface area contributed by atoms with Gasteiger partial charge in [-0.2, -0.15) is 5.10 Å². The number of amides is 2. The average molecular weight is 423 g/mol. The number of nitrogens with zero attached hydrogens (tertiary/aromatic N) is 2. The number of fused-ring (bicyclic) bond motifs is 1. The van der Waals surface area contributed by atoms with Crippen molar-refractivity contribution in [1.82, 2.24) is 10.4 Å². The molecule has 4 rings (SSSR count). The van der Waals surface area contributed by atoms with Gasteiger partial charge < -0.3 is 9.73 Å². The highest BCUT2D eigenvalue weighted by molar-refractivity contribution is 6.30. The summed E-state index contributed by atoms with van der Waals surface area (Å²) in [6.45, 7) is 1.82. The molecule has 1 aliphatic rings.